The number of ether oxygens (including phenoxy) is 1. The Hall–Kier alpha value is -1.10. The van der Waals surface area contributed by atoms with E-state index < -0.39 is 11.6 Å². The highest BCUT2D eigenvalue weighted by atomic mass is 16.6. The van der Waals surface area contributed by atoms with Gasteiger partial charge in [0.2, 0.25) is 5.91 Å². The Balaban J connectivity index is 2.29. The summed E-state index contributed by atoms with van der Waals surface area (Å²) >= 11 is 0. The van der Waals surface area contributed by atoms with Gasteiger partial charge in [-0.2, -0.15) is 0 Å². The predicted molar refractivity (Wildman–Crippen MR) is 69.1 cm³/mol. The zero-order chi connectivity index (χ0) is 13.8. The molecule has 1 N–H and O–H groups in total. The molecule has 0 aliphatic carbocycles. The quantitative estimate of drug-likeness (QED) is 0.760. The Kier molecular flexibility index (Phi) is 5.14. The van der Waals surface area contributed by atoms with Crippen molar-refractivity contribution in [1.82, 2.24) is 10.2 Å². The summed E-state index contributed by atoms with van der Waals surface area (Å²) in [5, 5.41) is 2.92. The van der Waals surface area contributed by atoms with Gasteiger partial charge in [0.05, 0.1) is 6.54 Å². The summed E-state index contributed by atoms with van der Waals surface area (Å²) in [5.74, 6) is -0.264. The van der Waals surface area contributed by atoms with Crippen LogP contribution >= 0.6 is 0 Å². The Morgan fingerprint density at radius 3 is 2.33 bits per heavy atom. The van der Waals surface area contributed by atoms with Crippen LogP contribution in [0.25, 0.3) is 0 Å². The van der Waals surface area contributed by atoms with Crippen molar-refractivity contribution in [2.75, 3.05) is 19.6 Å². The molecule has 0 aromatic carbocycles. The lowest BCUT2D eigenvalue weighted by molar-refractivity contribution is -0.157. The van der Waals surface area contributed by atoms with Crippen LogP contribution in [0, 0.1) is 0 Å². The summed E-state index contributed by atoms with van der Waals surface area (Å²) in [4.78, 5) is 25.3. The zero-order valence-electron chi connectivity index (χ0n) is 11.8. The molecule has 0 saturated carbocycles. The Bertz CT molecular complexity index is 304. The number of carbonyl (C=O) groups is 2. The highest BCUT2D eigenvalue weighted by molar-refractivity contribution is 5.80. The SMILES string of the molecule is CC(NCC(=O)N1CCCC1)C(=O)OC(C)(C)C. The number of esters is 1. The molecule has 0 aromatic heterocycles. The highest BCUT2D eigenvalue weighted by Gasteiger charge is 2.23. The summed E-state index contributed by atoms with van der Waals surface area (Å²) in [6, 6.07) is -0.462. The van der Waals surface area contributed by atoms with Gasteiger partial charge in [0, 0.05) is 13.1 Å². The third kappa shape index (κ3) is 5.04. The smallest absolute Gasteiger partial charge is 0.323 e. The zero-order valence-corrected chi connectivity index (χ0v) is 11.8. The van der Waals surface area contributed by atoms with Gasteiger partial charge < -0.3 is 9.64 Å². The van der Waals surface area contributed by atoms with Gasteiger partial charge in [-0.15, -0.1) is 0 Å². The number of nitrogens with one attached hydrogen (secondary N) is 1. The molecule has 104 valence electrons. The lowest BCUT2D eigenvalue weighted by atomic mass is 10.2. The van der Waals surface area contributed by atoms with E-state index in [1.54, 1.807) is 6.92 Å². The molecular formula is C13H24N2O3. The van der Waals surface area contributed by atoms with Gasteiger partial charge in [0.25, 0.3) is 0 Å². The normalized spacial score (nSPS) is 17.7. The Morgan fingerprint density at radius 1 is 1.28 bits per heavy atom. The van der Waals surface area contributed by atoms with Crippen LogP contribution in [0.15, 0.2) is 0 Å². The van der Waals surface area contributed by atoms with Gasteiger partial charge >= 0.3 is 5.97 Å². The molecule has 1 amide bonds. The van der Waals surface area contributed by atoms with E-state index in [1.165, 1.54) is 0 Å². The van der Waals surface area contributed by atoms with Gasteiger partial charge in [0.15, 0.2) is 0 Å². The summed E-state index contributed by atoms with van der Waals surface area (Å²) in [6.45, 7) is 9.06. The first-order valence-corrected chi connectivity index (χ1v) is 6.53. The summed E-state index contributed by atoms with van der Waals surface area (Å²) in [7, 11) is 0. The van der Waals surface area contributed by atoms with Crippen molar-refractivity contribution < 1.29 is 14.3 Å². The number of hydrogen-bond donors (Lipinski definition) is 1. The Morgan fingerprint density at radius 2 is 1.83 bits per heavy atom. The highest BCUT2D eigenvalue weighted by Crippen LogP contribution is 2.09. The van der Waals surface area contributed by atoms with Crippen LogP contribution in [0.4, 0.5) is 0 Å². The third-order valence-electron chi connectivity index (χ3n) is 2.78. The van der Waals surface area contributed by atoms with Gasteiger partial charge in [-0.1, -0.05) is 0 Å². The second-order valence-electron chi connectivity index (χ2n) is 5.72. The number of rotatable bonds is 4. The number of likely N-dealkylation sites (tertiary alicyclic amines) is 1. The molecule has 1 heterocycles. The van der Waals surface area contributed by atoms with E-state index in [0.717, 1.165) is 25.9 Å². The number of amides is 1. The lowest BCUT2D eigenvalue weighted by Gasteiger charge is -2.23. The number of nitrogens with zero attached hydrogens (tertiary/aromatic N) is 1. The first-order valence-electron chi connectivity index (χ1n) is 6.53. The van der Waals surface area contributed by atoms with Crippen molar-refractivity contribution >= 4 is 11.9 Å². The molecule has 1 rings (SSSR count). The summed E-state index contributed by atoms with van der Waals surface area (Å²) in [5.41, 5.74) is -0.494. The van der Waals surface area contributed by atoms with Crippen molar-refractivity contribution in [3.8, 4) is 0 Å². The molecule has 0 bridgehead atoms. The van der Waals surface area contributed by atoms with Crippen molar-refractivity contribution in [1.29, 1.82) is 0 Å². The van der Waals surface area contributed by atoms with Crippen molar-refractivity contribution in [2.45, 2.75) is 52.2 Å². The second-order valence-corrected chi connectivity index (χ2v) is 5.72. The van der Waals surface area contributed by atoms with Gasteiger partial charge in [-0.25, -0.2) is 0 Å². The molecule has 1 aliphatic heterocycles. The topological polar surface area (TPSA) is 58.6 Å². The molecule has 1 fully saturated rings. The summed E-state index contributed by atoms with van der Waals surface area (Å²) in [6.07, 6.45) is 2.15. The van der Waals surface area contributed by atoms with E-state index in [2.05, 4.69) is 5.32 Å². The van der Waals surface area contributed by atoms with Gasteiger partial charge in [0.1, 0.15) is 11.6 Å². The van der Waals surface area contributed by atoms with Gasteiger partial charge in [-0.05, 0) is 40.5 Å². The first kappa shape index (κ1) is 15.0. The average Bonchev–Trinajstić information content (AvgIpc) is 2.76. The lowest BCUT2D eigenvalue weighted by Crippen LogP contribution is -2.44. The monoisotopic (exact) mass is 256 g/mol. The molecule has 1 unspecified atom stereocenters. The van der Waals surface area contributed by atoms with Crippen LogP contribution in [-0.2, 0) is 14.3 Å². The maximum absolute atomic E-state index is 11.8. The first-order chi connectivity index (χ1) is 8.29. The molecular weight excluding hydrogens is 232 g/mol. The largest absolute Gasteiger partial charge is 0.459 e. The van der Waals surface area contributed by atoms with Crippen molar-refractivity contribution in [3.63, 3.8) is 0 Å². The molecule has 18 heavy (non-hydrogen) atoms. The minimum Gasteiger partial charge on any atom is -0.459 e. The van der Waals surface area contributed by atoms with E-state index in [0.29, 0.717) is 0 Å². The fourth-order valence-corrected chi connectivity index (χ4v) is 1.79. The molecule has 1 saturated heterocycles. The molecule has 1 aliphatic rings. The van der Waals surface area contributed by atoms with E-state index in [9.17, 15) is 9.59 Å². The van der Waals surface area contributed by atoms with Crippen LogP contribution in [0.1, 0.15) is 40.5 Å². The molecule has 5 heteroatoms. The minimum atomic E-state index is -0.494. The van der Waals surface area contributed by atoms with E-state index in [4.69, 9.17) is 4.74 Å². The molecule has 0 radical (unpaired) electrons. The third-order valence-corrected chi connectivity index (χ3v) is 2.78. The molecule has 5 nitrogen and oxygen atoms in total. The van der Waals surface area contributed by atoms with Gasteiger partial charge in [-0.3, -0.25) is 14.9 Å². The van der Waals surface area contributed by atoms with E-state index >= 15 is 0 Å². The van der Waals surface area contributed by atoms with Crippen molar-refractivity contribution in [2.24, 2.45) is 0 Å². The van der Waals surface area contributed by atoms with Crippen LogP contribution in [0.5, 0.6) is 0 Å². The predicted octanol–water partition coefficient (Wildman–Crippen LogP) is 0.929. The Labute approximate surface area is 109 Å². The maximum atomic E-state index is 11.8. The summed E-state index contributed by atoms with van der Waals surface area (Å²) < 4.78 is 5.23. The van der Waals surface area contributed by atoms with Crippen LogP contribution in [0.2, 0.25) is 0 Å². The minimum absolute atomic E-state index is 0.0582. The van der Waals surface area contributed by atoms with Crippen molar-refractivity contribution in [3.05, 3.63) is 0 Å². The fraction of sp³-hybridized carbons (Fsp3) is 0.846. The maximum Gasteiger partial charge on any atom is 0.323 e. The van der Waals surface area contributed by atoms with Crippen LogP contribution in [-0.4, -0.2) is 48.1 Å². The second kappa shape index (κ2) is 6.18. The standard InChI is InChI=1S/C13H24N2O3/c1-10(12(17)18-13(2,3)4)14-9-11(16)15-7-5-6-8-15/h10,14H,5-9H2,1-4H3. The van der Waals surface area contributed by atoms with E-state index in [-0.39, 0.29) is 18.4 Å². The molecule has 0 spiro atoms. The van der Waals surface area contributed by atoms with Crippen LogP contribution < -0.4 is 5.32 Å². The molecule has 0 aromatic rings. The van der Waals surface area contributed by atoms with Crippen LogP contribution in [0.3, 0.4) is 0 Å². The molecule has 1 atom stereocenters. The number of hydrogen-bond acceptors (Lipinski definition) is 4. The van der Waals surface area contributed by atoms with E-state index in [1.807, 2.05) is 25.7 Å². The fourth-order valence-electron chi connectivity index (χ4n) is 1.79. The average molecular weight is 256 g/mol. The number of carbonyl (C=O) groups excluding carboxylic acids is 2.